The molecular weight excluding hydrogens is 280 g/mol. The van der Waals surface area contributed by atoms with Crippen molar-refractivity contribution in [2.45, 2.75) is 13.8 Å². The van der Waals surface area contributed by atoms with Gasteiger partial charge < -0.3 is 10.4 Å². The fraction of sp³-hybridized carbons (Fsp3) is 0.417. The minimum Gasteiger partial charge on any atom is -0.396 e. The molecule has 0 aliphatic heterocycles. The second kappa shape index (κ2) is 5.87. The van der Waals surface area contributed by atoms with Crippen LogP contribution in [0.15, 0.2) is 12.1 Å². The molecule has 0 spiro atoms. The second-order valence-electron chi connectivity index (χ2n) is 4.75. The number of rotatable bonds is 4. The molecule has 0 radical (unpaired) electrons. The minimum absolute atomic E-state index is 0.0207. The van der Waals surface area contributed by atoms with Crippen molar-refractivity contribution in [1.29, 1.82) is 0 Å². The Morgan fingerprint density at radius 3 is 2.56 bits per heavy atom. The molecule has 1 amide bonds. The van der Waals surface area contributed by atoms with Crippen molar-refractivity contribution in [3.8, 4) is 0 Å². The molecule has 0 saturated heterocycles. The molecule has 0 fully saturated rings. The molecule has 0 atom stereocenters. The summed E-state index contributed by atoms with van der Waals surface area (Å²) in [6.07, 6.45) is 0. The van der Waals surface area contributed by atoms with Crippen molar-refractivity contribution < 1.29 is 14.3 Å². The minimum atomic E-state index is -0.701. The maximum Gasteiger partial charge on any atom is 0.252 e. The highest BCUT2D eigenvalue weighted by Gasteiger charge is 2.20. The van der Waals surface area contributed by atoms with E-state index in [0.717, 1.165) is 6.07 Å². The predicted molar refractivity (Wildman–Crippen MR) is 69.6 cm³/mol. The van der Waals surface area contributed by atoms with Gasteiger partial charge in [0.05, 0.1) is 15.6 Å². The van der Waals surface area contributed by atoms with Crippen molar-refractivity contribution in [2.24, 2.45) is 5.41 Å². The Kier molecular flexibility index (Phi) is 4.96. The third-order valence-electron chi connectivity index (χ3n) is 2.41. The Balaban J connectivity index is 2.82. The van der Waals surface area contributed by atoms with E-state index in [2.05, 4.69) is 5.32 Å². The lowest BCUT2D eigenvalue weighted by Gasteiger charge is -2.22. The van der Waals surface area contributed by atoms with Crippen molar-refractivity contribution >= 4 is 29.1 Å². The number of hydrogen-bond acceptors (Lipinski definition) is 2. The van der Waals surface area contributed by atoms with Gasteiger partial charge in [-0.1, -0.05) is 37.0 Å². The molecule has 3 nitrogen and oxygen atoms in total. The lowest BCUT2D eigenvalue weighted by atomic mass is 9.95. The summed E-state index contributed by atoms with van der Waals surface area (Å²) in [6, 6.07) is 2.18. The van der Waals surface area contributed by atoms with Crippen molar-refractivity contribution in [3.05, 3.63) is 33.6 Å². The van der Waals surface area contributed by atoms with Crippen LogP contribution < -0.4 is 5.32 Å². The molecule has 100 valence electrons. The van der Waals surface area contributed by atoms with Crippen molar-refractivity contribution in [3.63, 3.8) is 0 Å². The number of amides is 1. The van der Waals surface area contributed by atoms with E-state index in [4.69, 9.17) is 28.3 Å². The molecule has 0 heterocycles. The highest BCUT2D eigenvalue weighted by molar-refractivity contribution is 6.36. The van der Waals surface area contributed by atoms with Crippen LogP contribution in [0.3, 0.4) is 0 Å². The third kappa shape index (κ3) is 3.83. The lowest BCUT2D eigenvalue weighted by Crippen LogP contribution is -2.36. The van der Waals surface area contributed by atoms with E-state index in [9.17, 15) is 9.18 Å². The Morgan fingerprint density at radius 2 is 2.00 bits per heavy atom. The van der Waals surface area contributed by atoms with Crippen LogP contribution in [0.1, 0.15) is 24.2 Å². The van der Waals surface area contributed by atoms with Gasteiger partial charge in [0, 0.05) is 18.6 Å². The Bertz CT molecular complexity index is 464. The topological polar surface area (TPSA) is 49.3 Å². The number of halogens is 3. The normalized spacial score (nSPS) is 11.4. The smallest absolute Gasteiger partial charge is 0.252 e. The maximum absolute atomic E-state index is 13.2. The average Bonchev–Trinajstić information content (AvgIpc) is 2.31. The monoisotopic (exact) mass is 293 g/mol. The molecule has 0 bridgehead atoms. The van der Waals surface area contributed by atoms with Gasteiger partial charge in [0.15, 0.2) is 0 Å². The summed E-state index contributed by atoms with van der Waals surface area (Å²) in [5.41, 5.74) is -0.431. The predicted octanol–water partition coefficient (Wildman–Crippen LogP) is 2.88. The summed E-state index contributed by atoms with van der Waals surface area (Å²) in [5, 5.41) is 11.6. The molecule has 1 aromatic rings. The number of benzene rings is 1. The fourth-order valence-corrected chi connectivity index (χ4v) is 1.64. The van der Waals surface area contributed by atoms with E-state index >= 15 is 0 Å². The van der Waals surface area contributed by atoms with Crippen LogP contribution in [0.25, 0.3) is 0 Å². The van der Waals surface area contributed by atoms with Gasteiger partial charge >= 0.3 is 0 Å². The number of aliphatic hydroxyl groups excluding tert-OH is 1. The largest absolute Gasteiger partial charge is 0.396 e. The van der Waals surface area contributed by atoms with Gasteiger partial charge in [-0.15, -0.1) is 0 Å². The zero-order chi connectivity index (χ0) is 13.9. The summed E-state index contributed by atoms with van der Waals surface area (Å²) in [5.74, 6) is -1.20. The molecule has 0 saturated carbocycles. The Morgan fingerprint density at radius 1 is 1.39 bits per heavy atom. The first kappa shape index (κ1) is 15.2. The molecule has 6 heteroatoms. The lowest BCUT2D eigenvalue weighted by molar-refractivity contribution is 0.0911. The van der Waals surface area contributed by atoms with Crippen LogP contribution in [0.4, 0.5) is 4.39 Å². The summed E-state index contributed by atoms with van der Waals surface area (Å²) in [4.78, 5) is 11.8. The average molecular weight is 294 g/mol. The van der Waals surface area contributed by atoms with Gasteiger partial charge in [0.25, 0.3) is 5.91 Å². The summed E-state index contributed by atoms with van der Waals surface area (Å²) >= 11 is 11.4. The highest BCUT2D eigenvalue weighted by atomic mass is 35.5. The molecule has 1 aromatic carbocycles. The maximum atomic E-state index is 13.2. The van der Waals surface area contributed by atoms with Crippen LogP contribution in [-0.4, -0.2) is 24.2 Å². The highest BCUT2D eigenvalue weighted by Crippen LogP contribution is 2.24. The van der Waals surface area contributed by atoms with Gasteiger partial charge in [0.2, 0.25) is 0 Å². The first-order chi connectivity index (χ1) is 8.26. The molecule has 0 aromatic heterocycles. The SMILES string of the molecule is CC(C)(CO)CNC(=O)c1cc(F)c(Cl)cc1Cl. The third-order valence-corrected chi connectivity index (χ3v) is 3.01. The fourth-order valence-electron chi connectivity index (χ4n) is 1.17. The number of carbonyl (C=O) groups excluding carboxylic acids is 1. The zero-order valence-corrected chi connectivity index (χ0v) is 11.6. The first-order valence-corrected chi connectivity index (χ1v) is 6.06. The van der Waals surface area contributed by atoms with E-state index in [1.54, 1.807) is 13.8 Å². The van der Waals surface area contributed by atoms with Gasteiger partial charge in [0.1, 0.15) is 5.82 Å². The van der Waals surface area contributed by atoms with Gasteiger partial charge in [-0.3, -0.25) is 4.79 Å². The van der Waals surface area contributed by atoms with Crippen LogP contribution >= 0.6 is 23.2 Å². The van der Waals surface area contributed by atoms with Gasteiger partial charge in [-0.05, 0) is 12.1 Å². The van der Waals surface area contributed by atoms with E-state index in [1.165, 1.54) is 6.07 Å². The summed E-state index contributed by atoms with van der Waals surface area (Å²) < 4.78 is 13.2. The van der Waals surface area contributed by atoms with Gasteiger partial charge in [-0.25, -0.2) is 4.39 Å². The van der Waals surface area contributed by atoms with E-state index in [-0.39, 0.29) is 28.8 Å². The molecule has 18 heavy (non-hydrogen) atoms. The Labute approximate surface area is 115 Å². The zero-order valence-electron chi connectivity index (χ0n) is 10.1. The number of carbonyl (C=O) groups is 1. The van der Waals surface area contributed by atoms with E-state index < -0.39 is 17.1 Å². The van der Waals surface area contributed by atoms with Crippen molar-refractivity contribution in [1.82, 2.24) is 5.32 Å². The number of nitrogens with one attached hydrogen (secondary N) is 1. The van der Waals surface area contributed by atoms with E-state index in [1.807, 2.05) is 0 Å². The standard InChI is InChI=1S/C12H14Cl2FNO2/c1-12(2,6-17)5-16-11(18)7-3-10(15)9(14)4-8(7)13/h3-4,17H,5-6H2,1-2H3,(H,16,18). The number of hydrogen-bond donors (Lipinski definition) is 2. The van der Waals surface area contributed by atoms with Crippen LogP contribution in [0.5, 0.6) is 0 Å². The first-order valence-electron chi connectivity index (χ1n) is 5.30. The van der Waals surface area contributed by atoms with Gasteiger partial charge in [-0.2, -0.15) is 0 Å². The van der Waals surface area contributed by atoms with Crippen LogP contribution in [0.2, 0.25) is 10.0 Å². The molecule has 0 aliphatic carbocycles. The van der Waals surface area contributed by atoms with Crippen LogP contribution in [-0.2, 0) is 0 Å². The second-order valence-corrected chi connectivity index (χ2v) is 5.57. The number of aliphatic hydroxyl groups is 1. The van der Waals surface area contributed by atoms with Crippen LogP contribution in [0, 0.1) is 11.2 Å². The molecule has 1 rings (SSSR count). The summed E-state index contributed by atoms with van der Waals surface area (Å²) in [7, 11) is 0. The van der Waals surface area contributed by atoms with E-state index in [0.29, 0.717) is 0 Å². The molecule has 0 unspecified atom stereocenters. The Hall–Kier alpha value is -0.840. The molecule has 2 N–H and O–H groups in total. The molecular formula is C12H14Cl2FNO2. The summed E-state index contributed by atoms with van der Waals surface area (Å²) in [6.45, 7) is 3.76. The van der Waals surface area contributed by atoms with Crippen molar-refractivity contribution in [2.75, 3.05) is 13.2 Å². The molecule has 0 aliphatic rings. The quantitative estimate of drug-likeness (QED) is 0.839.